The molecule has 0 radical (unpaired) electrons. The van der Waals surface area contributed by atoms with Gasteiger partial charge in [-0.15, -0.1) is 10.2 Å². The Labute approximate surface area is 413 Å². The molecule has 0 saturated heterocycles. The maximum atomic E-state index is 15.0. The number of carbonyl (C=O) groups excluding carboxylic acids is 3. The van der Waals surface area contributed by atoms with Gasteiger partial charge in [0.05, 0.1) is 6.61 Å². The molecule has 1 saturated carbocycles. The maximum Gasteiger partial charge on any atom is 0.472 e. The first-order valence-corrected chi connectivity index (χ1v) is 25.9. The maximum absolute atomic E-state index is 15.0. The molecule has 1 heterocycles. The van der Waals surface area contributed by atoms with E-state index in [1.165, 1.54) is 0 Å². The Morgan fingerprint density at radius 1 is 0.627 bits per heavy atom. The highest BCUT2D eigenvalue weighted by molar-refractivity contribution is 7.47. The van der Waals surface area contributed by atoms with E-state index in [4.69, 9.17) is 28.3 Å². The zero-order valence-corrected chi connectivity index (χ0v) is 40.6. The van der Waals surface area contributed by atoms with Gasteiger partial charge >= 0.3 is 71.2 Å². The third kappa shape index (κ3) is 15.9. The zero-order valence-electron chi connectivity index (χ0n) is 38.0. The number of amides is 1. The molecule has 1 fully saturated rings. The standard InChI is InChI=1S/C36H47F13N3O20P3/c1-2-3-4-6-10-22(54)69-20(17-68-75(65,66)72-26-23(55)24(56)27(70-73(59,60)61)28(25(26)57)71-74(62,63)64)16-67-21(53)9-7-5-8-15-50-29(58)18-11-13-19(14-12-18)30(51-52-30)31(37,38)32(39,40)33(41,42)34(43,44)35(45,46)36(47,48)49/h11-14,20,23-28,55-57H,2-10,15-17H2,1H3,(H,50,58)(H,65,66)(H2,59,60,61)(H2,62,63,64)/t20?,23-,24+,25+,26-,27-,28-/m1/s1. The summed E-state index contributed by atoms with van der Waals surface area (Å²) in [4.78, 5) is 84.9. The number of benzene rings is 1. The number of aliphatic hydroxyl groups is 3. The molecule has 1 aromatic carbocycles. The number of halogens is 13. The molecule has 3 rings (SSSR count). The Morgan fingerprint density at radius 3 is 1.60 bits per heavy atom. The molecule has 39 heteroatoms. The van der Waals surface area contributed by atoms with E-state index in [-0.39, 0.29) is 38.6 Å². The molecule has 8 atom stereocenters. The van der Waals surface area contributed by atoms with E-state index in [1.807, 2.05) is 6.92 Å². The Kier molecular flexibility index (Phi) is 21.7. The zero-order chi connectivity index (χ0) is 57.6. The number of alkyl halides is 13. The van der Waals surface area contributed by atoms with E-state index in [0.29, 0.717) is 37.1 Å². The summed E-state index contributed by atoms with van der Waals surface area (Å²) in [6.07, 6.45) is -23.1. The molecule has 23 nitrogen and oxygen atoms in total. The Hall–Kier alpha value is -3.47. The van der Waals surface area contributed by atoms with Crippen molar-refractivity contribution in [3.05, 3.63) is 35.4 Å². The minimum absolute atomic E-state index is 0.0128. The number of rotatable bonds is 30. The van der Waals surface area contributed by atoms with Gasteiger partial charge in [-0.2, -0.15) is 57.1 Å². The molecule has 0 bridgehead atoms. The normalized spacial score (nSPS) is 23.0. The number of ether oxygens (including phenoxy) is 2. The average molecular weight is 1180 g/mol. The summed E-state index contributed by atoms with van der Waals surface area (Å²) in [5.74, 6) is -41.5. The monoisotopic (exact) mass is 1180 g/mol. The van der Waals surface area contributed by atoms with Crippen LogP contribution in [0.2, 0.25) is 0 Å². The van der Waals surface area contributed by atoms with Crippen molar-refractivity contribution in [1.29, 1.82) is 0 Å². The quantitative estimate of drug-likeness (QED) is 0.0204. The number of aliphatic hydroxyl groups excluding tert-OH is 3. The number of carbonyl (C=O) groups is 3. The molecule has 0 spiro atoms. The lowest BCUT2D eigenvalue weighted by molar-refractivity contribution is -0.442. The lowest BCUT2D eigenvalue weighted by Crippen LogP contribution is -2.71. The summed E-state index contributed by atoms with van der Waals surface area (Å²) in [5, 5.41) is 38.8. The minimum atomic E-state index is -8.14. The number of unbranched alkanes of at least 4 members (excludes halogenated alkanes) is 5. The van der Waals surface area contributed by atoms with E-state index >= 15 is 0 Å². The number of hydrogen-bond donors (Lipinski definition) is 9. The van der Waals surface area contributed by atoms with Crippen molar-refractivity contribution in [2.45, 2.75) is 149 Å². The lowest BCUT2D eigenvalue weighted by Gasteiger charge is -2.44. The van der Waals surface area contributed by atoms with Crippen LogP contribution >= 0.6 is 23.5 Å². The van der Waals surface area contributed by atoms with Crippen LogP contribution in [0.25, 0.3) is 0 Å². The number of esters is 2. The minimum Gasteiger partial charge on any atom is -0.462 e. The first-order valence-electron chi connectivity index (χ1n) is 21.4. The second-order valence-electron chi connectivity index (χ2n) is 16.4. The summed E-state index contributed by atoms with van der Waals surface area (Å²) in [7, 11) is -17.0. The number of nitrogens with one attached hydrogen (secondary N) is 1. The van der Waals surface area contributed by atoms with Crippen molar-refractivity contribution < 1.29 is 153 Å². The third-order valence-corrected chi connectivity index (χ3v) is 12.8. The Balaban J connectivity index is 1.57. The van der Waals surface area contributed by atoms with E-state index in [1.54, 1.807) is 0 Å². The molecule has 1 aliphatic carbocycles. The van der Waals surface area contributed by atoms with Gasteiger partial charge in [0.15, 0.2) is 6.10 Å². The molecule has 1 amide bonds. The van der Waals surface area contributed by atoms with Crippen LogP contribution in [-0.2, 0) is 56.5 Å². The summed E-state index contributed by atoms with van der Waals surface area (Å²) < 4.78 is 243. The topological polar surface area (TPSA) is 356 Å². The van der Waals surface area contributed by atoms with Crippen molar-refractivity contribution in [1.82, 2.24) is 5.32 Å². The SMILES string of the molecule is CCCCCCC(=O)OC(COC(=O)CCCCCNC(=O)c1ccc(C2(C(F)(F)C(F)(F)C(F)(F)C(F)(F)C(F)(F)C(F)(F)F)N=N2)cc1)COP(=O)(O)O[C@@H]1[C@H](O)[C@H](O)[C@@H](OP(=O)(O)O)[C@H](OP(=O)(O)O)[C@H]1O. The fourth-order valence-corrected chi connectivity index (χ4v) is 8.82. The van der Waals surface area contributed by atoms with E-state index in [0.717, 1.165) is 12.8 Å². The van der Waals surface area contributed by atoms with Gasteiger partial charge in [0.25, 0.3) is 11.6 Å². The fraction of sp³-hybridized carbons (Fsp3) is 0.750. The van der Waals surface area contributed by atoms with Gasteiger partial charge in [0.1, 0.15) is 43.2 Å². The van der Waals surface area contributed by atoms with Crippen LogP contribution in [0.15, 0.2) is 34.5 Å². The van der Waals surface area contributed by atoms with E-state index < -0.39 is 150 Å². The molecule has 1 aliphatic heterocycles. The van der Waals surface area contributed by atoms with Gasteiger partial charge in [-0.3, -0.25) is 32.5 Å². The van der Waals surface area contributed by atoms with Crippen molar-refractivity contribution >= 4 is 41.3 Å². The second kappa shape index (κ2) is 24.7. The van der Waals surface area contributed by atoms with Gasteiger partial charge in [-0.1, -0.05) is 44.7 Å². The average Bonchev–Trinajstić information content (AvgIpc) is 4.11. The number of hydrogen-bond acceptors (Lipinski definition) is 17. The molecule has 9 N–H and O–H groups in total. The molecule has 0 aromatic heterocycles. The van der Waals surface area contributed by atoms with Crippen molar-refractivity contribution in [2.24, 2.45) is 10.2 Å². The number of phosphoric acid groups is 3. The first-order chi connectivity index (χ1) is 34.0. The largest absolute Gasteiger partial charge is 0.472 e. The van der Waals surface area contributed by atoms with Gasteiger partial charge in [-0.25, -0.2) is 13.7 Å². The van der Waals surface area contributed by atoms with Crippen LogP contribution < -0.4 is 5.32 Å². The smallest absolute Gasteiger partial charge is 0.462 e. The Morgan fingerprint density at radius 2 is 1.11 bits per heavy atom. The fourth-order valence-electron chi connectivity index (χ4n) is 6.72. The van der Waals surface area contributed by atoms with Crippen molar-refractivity contribution in [3.8, 4) is 0 Å². The lowest BCUT2D eigenvalue weighted by atomic mass is 9.85. The van der Waals surface area contributed by atoms with Crippen LogP contribution in [0.5, 0.6) is 0 Å². The molecule has 2 unspecified atom stereocenters. The van der Waals surface area contributed by atoms with Crippen LogP contribution in [0.3, 0.4) is 0 Å². The summed E-state index contributed by atoms with van der Waals surface area (Å²) in [5.41, 5.74) is -6.00. The summed E-state index contributed by atoms with van der Waals surface area (Å²) >= 11 is 0. The van der Waals surface area contributed by atoms with Gasteiger partial charge in [0.2, 0.25) is 0 Å². The molecule has 75 heavy (non-hydrogen) atoms. The predicted molar refractivity (Wildman–Crippen MR) is 217 cm³/mol. The molecule has 2 aliphatic rings. The third-order valence-electron chi connectivity index (χ3n) is 10.7. The number of nitrogens with zero attached hydrogens (tertiary/aromatic N) is 2. The van der Waals surface area contributed by atoms with Crippen LogP contribution in [-0.4, -0.2) is 156 Å². The predicted octanol–water partition coefficient (Wildman–Crippen LogP) is 5.31. The Bertz CT molecular complexity index is 2310. The van der Waals surface area contributed by atoms with Crippen molar-refractivity contribution in [2.75, 3.05) is 19.8 Å². The van der Waals surface area contributed by atoms with Crippen LogP contribution in [0, 0.1) is 0 Å². The molecular formula is C36H47F13N3O20P3. The van der Waals surface area contributed by atoms with Gasteiger partial charge in [-0.05, 0) is 31.4 Å². The van der Waals surface area contributed by atoms with Crippen molar-refractivity contribution in [3.63, 3.8) is 0 Å². The highest BCUT2D eigenvalue weighted by Gasteiger charge is 2.94. The first kappa shape index (κ1) is 65.8. The molecule has 432 valence electrons. The second-order valence-corrected chi connectivity index (χ2v) is 20.2. The van der Waals surface area contributed by atoms with Gasteiger partial charge in [0, 0.05) is 30.5 Å². The highest BCUT2D eigenvalue weighted by atomic mass is 31.2. The highest BCUT2D eigenvalue weighted by Crippen LogP contribution is 2.66. The van der Waals surface area contributed by atoms with Gasteiger partial charge < -0.3 is 54.6 Å². The van der Waals surface area contributed by atoms with Crippen LogP contribution in [0.1, 0.15) is 80.6 Å². The van der Waals surface area contributed by atoms with E-state index in [2.05, 4.69) is 24.6 Å². The summed E-state index contributed by atoms with van der Waals surface area (Å²) in [6.45, 7) is -0.348. The molecular weight excluding hydrogens is 1130 g/mol. The number of phosphoric ester groups is 3. The summed E-state index contributed by atoms with van der Waals surface area (Å²) in [6, 6.07) is 1.85. The van der Waals surface area contributed by atoms with Crippen LogP contribution in [0.4, 0.5) is 57.1 Å². The molecule has 1 aromatic rings. The van der Waals surface area contributed by atoms with E-state index in [9.17, 15) is 115 Å².